The molecular weight excluding hydrogens is 364 g/mol. The number of imidazole rings is 1. The number of nitrogens with zero attached hydrogens (tertiary/aromatic N) is 4. The van der Waals surface area contributed by atoms with E-state index in [1.807, 2.05) is 30.3 Å². The minimum absolute atomic E-state index is 0.167. The number of fused-ring (bicyclic) bond motifs is 3. The van der Waals surface area contributed by atoms with E-state index in [2.05, 4.69) is 19.9 Å². The molecule has 0 saturated carbocycles. The predicted octanol–water partition coefficient (Wildman–Crippen LogP) is 3.25. The summed E-state index contributed by atoms with van der Waals surface area (Å²) < 4.78 is 2.09. The molecule has 4 rings (SSSR count). The number of hydrogen-bond acceptors (Lipinski definition) is 5. The van der Waals surface area contributed by atoms with Gasteiger partial charge in [-0.05, 0) is 37.1 Å². The van der Waals surface area contributed by atoms with Crippen molar-refractivity contribution >= 4 is 33.7 Å². The second-order valence-corrected chi connectivity index (χ2v) is 6.80. The molecule has 2 aromatic heterocycles. The van der Waals surface area contributed by atoms with E-state index < -0.39 is 0 Å². The number of aryl methyl sites for hydroxylation is 1. The third-order valence-corrected chi connectivity index (χ3v) is 4.85. The van der Waals surface area contributed by atoms with Crippen LogP contribution in [0.2, 0.25) is 0 Å². The molecule has 2 aromatic carbocycles. The van der Waals surface area contributed by atoms with Crippen molar-refractivity contribution in [3.8, 4) is 6.07 Å². The van der Waals surface area contributed by atoms with Crippen molar-refractivity contribution in [1.82, 2.24) is 19.9 Å². The number of unbranched alkanes of at least 4 members (excludes halogenated alkanes) is 1. The number of amides is 1. The van der Waals surface area contributed by atoms with Crippen molar-refractivity contribution in [2.24, 2.45) is 0 Å². The molecule has 0 spiro atoms. The number of para-hydroxylation sites is 1. The van der Waals surface area contributed by atoms with Gasteiger partial charge in [-0.2, -0.15) is 5.26 Å². The van der Waals surface area contributed by atoms with Gasteiger partial charge in [-0.3, -0.25) is 4.79 Å². The van der Waals surface area contributed by atoms with E-state index in [1.165, 1.54) is 0 Å². The molecule has 4 aromatic rings. The first-order chi connectivity index (χ1) is 14.2. The minimum atomic E-state index is -0.167. The first-order valence-corrected chi connectivity index (χ1v) is 9.45. The molecule has 0 unspecified atom stereocenters. The molecule has 0 bridgehead atoms. The largest absolute Gasteiger partial charge is 0.382 e. The zero-order valence-electron chi connectivity index (χ0n) is 15.8. The van der Waals surface area contributed by atoms with Crippen LogP contribution in [0.1, 0.15) is 28.8 Å². The van der Waals surface area contributed by atoms with E-state index in [0.717, 1.165) is 41.3 Å². The van der Waals surface area contributed by atoms with Gasteiger partial charge in [0.15, 0.2) is 5.82 Å². The van der Waals surface area contributed by atoms with Crippen LogP contribution in [0.3, 0.4) is 0 Å². The number of rotatable bonds is 6. The van der Waals surface area contributed by atoms with Crippen molar-refractivity contribution in [3.05, 3.63) is 66.0 Å². The van der Waals surface area contributed by atoms with Gasteiger partial charge < -0.3 is 15.6 Å². The highest BCUT2D eigenvalue weighted by Crippen LogP contribution is 2.27. The Labute approximate surface area is 167 Å². The molecule has 0 aliphatic carbocycles. The lowest BCUT2D eigenvalue weighted by molar-refractivity contribution is 0.0953. The van der Waals surface area contributed by atoms with Gasteiger partial charge in [0.05, 0.1) is 29.0 Å². The van der Waals surface area contributed by atoms with Gasteiger partial charge in [0.25, 0.3) is 5.91 Å². The fourth-order valence-electron chi connectivity index (χ4n) is 3.42. The van der Waals surface area contributed by atoms with Crippen LogP contribution in [0.15, 0.2) is 54.9 Å². The van der Waals surface area contributed by atoms with E-state index in [9.17, 15) is 4.79 Å². The molecule has 29 heavy (non-hydrogen) atoms. The van der Waals surface area contributed by atoms with Gasteiger partial charge in [0.1, 0.15) is 5.52 Å². The van der Waals surface area contributed by atoms with Crippen molar-refractivity contribution in [2.75, 3.05) is 12.3 Å². The van der Waals surface area contributed by atoms with Gasteiger partial charge in [-0.1, -0.05) is 24.3 Å². The molecule has 0 aliphatic heterocycles. The molecule has 0 fully saturated rings. The van der Waals surface area contributed by atoms with Crippen molar-refractivity contribution < 1.29 is 4.79 Å². The molecule has 7 heteroatoms. The fourth-order valence-corrected chi connectivity index (χ4v) is 3.42. The number of pyridine rings is 1. The number of aromatic nitrogens is 3. The Morgan fingerprint density at radius 3 is 2.90 bits per heavy atom. The topological polar surface area (TPSA) is 110 Å². The summed E-state index contributed by atoms with van der Waals surface area (Å²) in [6, 6.07) is 16.6. The molecule has 0 radical (unpaired) electrons. The lowest BCUT2D eigenvalue weighted by Crippen LogP contribution is -2.24. The van der Waals surface area contributed by atoms with Gasteiger partial charge in [0, 0.05) is 24.0 Å². The summed E-state index contributed by atoms with van der Waals surface area (Å²) in [5, 5.41) is 12.9. The van der Waals surface area contributed by atoms with Crippen LogP contribution in [-0.2, 0) is 6.54 Å². The number of nitrogen functional groups attached to an aromatic ring is 1. The van der Waals surface area contributed by atoms with Crippen molar-refractivity contribution in [1.29, 1.82) is 5.26 Å². The quantitative estimate of drug-likeness (QED) is 0.496. The molecule has 2 heterocycles. The minimum Gasteiger partial charge on any atom is -0.382 e. The Hall–Kier alpha value is -3.92. The molecule has 3 N–H and O–H groups in total. The van der Waals surface area contributed by atoms with Crippen LogP contribution >= 0.6 is 0 Å². The number of nitrogens with one attached hydrogen (secondary N) is 1. The average molecular weight is 384 g/mol. The smallest absolute Gasteiger partial charge is 0.251 e. The first kappa shape index (κ1) is 18.4. The Morgan fingerprint density at radius 1 is 1.17 bits per heavy atom. The summed E-state index contributed by atoms with van der Waals surface area (Å²) in [4.78, 5) is 21.1. The normalized spacial score (nSPS) is 10.9. The lowest BCUT2D eigenvalue weighted by Gasteiger charge is -2.08. The van der Waals surface area contributed by atoms with Crippen LogP contribution in [0.5, 0.6) is 0 Å². The van der Waals surface area contributed by atoms with Gasteiger partial charge in [-0.15, -0.1) is 0 Å². The van der Waals surface area contributed by atoms with E-state index >= 15 is 0 Å². The molecule has 0 saturated heterocycles. The maximum atomic E-state index is 12.2. The standard InChI is InChI=1S/C22H20N6O/c23-13-15-6-5-7-16(12-15)22(29)25-10-3-4-11-28-14-26-19-20(28)17-8-1-2-9-18(17)27-21(19)24/h1-2,5-9,12,14H,3-4,10-11H2,(H2,24,27)(H,25,29). The molecule has 0 aliphatic rings. The summed E-state index contributed by atoms with van der Waals surface area (Å²) in [5.41, 5.74) is 9.60. The Bertz CT molecular complexity index is 1240. The zero-order valence-corrected chi connectivity index (χ0v) is 15.8. The number of hydrogen-bond donors (Lipinski definition) is 2. The highest BCUT2D eigenvalue weighted by Gasteiger charge is 2.12. The lowest BCUT2D eigenvalue weighted by atomic mass is 10.1. The number of carbonyl (C=O) groups excluding carboxylic acids is 1. The van der Waals surface area contributed by atoms with Crippen LogP contribution in [0.25, 0.3) is 21.9 Å². The zero-order chi connectivity index (χ0) is 20.2. The number of anilines is 1. The maximum Gasteiger partial charge on any atom is 0.251 e. The van der Waals surface area contributed by atoms with Crippen LogP contribution < -0.4 is 11.1 Å². The fraction of sp³-hybridized carbons (Fsp3) is 0.182. The van der Waals surface area contributed by atoms with Gasteiger partial charge >= 0.3 is 0 Å². The summed E-state index contributed by atoms with van der Waals surface area (Å²) in [7, 11) is 0. The van der Waals surface area contributed by atoms with E-state index in [-0.39, 0.29) is 5.91 Å². The monoisotopic (exact) mass is 384 g/mol. The number of benzene rings is 2. The van der Waals surface area contributed by atoms with Crippen LogP contribution in [0.4, 0.5) is 5.82 Å². The predicted molar refractivity (Wildman–Crippen MR) is 112 cm³/mol. The Kier molecular flexibility index (Phi) is 5.08. The third-order valence-electron chi connectivity index (χ3n) is 4.85. The van der Waals surface area contributed by atoms with Gasteiger partial charge in [0.2, 0.25) is 0 Å². The second-order valence-electron chi connectivity index (χ2n) is 6.80. The molecule has 7 nitrogen and oxygen atoms in total. The Morgan fingerprint density at radius 2 is 2.03 bits per heavy atom. The summed E-state index contributed by atoms with van der Waals surface area (Å²) in [5.74, 6) is 0.268. The van der Waals surface area contributed by atoms with Crippen LogP contribution in [0, 0.1) is 11.3 Å². The molecular formula is C22H20N6O. The van der Waals surface area contributed by atoms with Crippen molar-refractivity contribution in [2.45, 2.75) is 19.4 Å². The van der Waals surface area contributed by atoms with E-state index in [4.69, 9.17) is 11.0 Å². The highest BCUT2D eigenvalue weighted by atomic mass is 16.1. The summed E-state index contributed by atoms with van der Waals surface area (Å²) in [6.45, 7) is 1.33. The number of nitriles is 1. The maximum absolute atomic E-state index is 12.2. The molecule has 1 amide bonds. The molecule has 144 valence electrons. The second kappa shape index (κ2) is 7.98. The Balaban J connectivity index is 1.38. The first-order valence-electron chi connectivity index (χ1n) is 9.45. The highest BCUT2D eigenvalue weighted by molar-refractivity contribution is 6.06. The number of nitrogens with two attached hydrogens (primary N) is 1. The number of carbonyl (C=O) groups is 1. The van der Waals surface area contributed by atoms with E-state index in [0.29, 0.717) is 23.5 Å². The SMILES string of the molecule is N#Cc1cccc(C(=O)NCCCCn2cnc3c(N)nc4ccccc4c32)c1. The summed E-state index contributed by atoms with van der Waals surface area (Å²) in [6.07, 6.45) is 3.49. The average Bonchev–Trinajstić information content (AvgIpc) is 3.18. The van der Waals surface area contributed by atoms with Gasteiger partial charge in [-0.25, -0.2) is 9.97 Å². The van der Waals surface area contributed by atoms with Crippen LogP contribution in [-0.4, -0.2) is 27.0 Å². The van der Waals surface area contributed by atoms with Crippen molar-refractivity contribution in [3.63, 3.8) is 0 Å². The third kappa shape index (κ3) is 3.73. The van der Waals surface area contributed by atoms with E-state index in [1.54, 1.807) is 30.6 Å². The summed E-state index contributed by atoms with van der Waals surface area (Å²) >= 11 is 0. The molecule has 0 atom stereocenters.